The summed E-state index contributed by atoms with van der Waals surface area (Å²) in [6, 6.07) is 4.49. The third kappa shape index (κ3) is 3.59. The van der Waals surface area contributed by atoms with E-state index < -0.39 is 23.4 Å². The number of carbonyl (C=O) groups is 2. The summed E-state index contributed by atoms with van der Waals surface area (Å²) < 4.78 is 10.9. The standard InChI is InChI=1S/C18H16BrClN2O5/c1-8-5-13(27-21-8)15(23)14-9-6-10(19)11(20)7-12(9)22(16(14)24)17(25)26-18(2,3)4/h5-7,23H,1-4H3. The molecular formula is C18H16BrClN2O5. The summed E-state index contributed by atoms with van der Waals surface area (Å²) in [6.07, 6.45) is -0.872. The molecule has 1 aliphatic rings. The smallest absolute Gasteiger partial charge is 0.422 e. The first-order valence-corrected chi connectivity index (χ1v) is 9.10. The first-order valence-electron chi connectivity index (χ1n) is 7.93. The Balaban J connectivity index is 2.20. The van der Waals surface area contributed by atoms with Gasteiger partial charge < -0.3 is 14.4 Å². The molecule has 0 spiro atoms. The third-order valence-electron chi connectivity index (χ3n) is 3.64. The zero-order chi connectivity index (χ0) is 20.1. The molecule has 1 aliphatic heterocycles. The molecule has 0 radical (unpaired) electrons. The predicted molar refractivity (Wildman–Crippen MR) is 104 cm³/mol. The van der Waals surface area contributed by atoms with Crippen LogP contribution in [-0.4, -0.2) is 27.9 Å². The molecule has 2 heterocycles. The van der Waals surface area contributed by atoms with E-state index in [-0.39, 0.29) is 17.0 Å². The van der Waals surface area contributed by atoms with E-state index in [9.17, 15) is 14.7 Å². The lowest BCUT2D eigenvalue weighted by atomic mass is 10.0. The molecule has 1 aromatic heterocycles. The fourth-order valence-corrected chi connectivity index (χ4v) is 3.08. The highest BCUT2D eigenvalue weighted by Crippen LogP contribution is 2.44. The average Bonchev–Trinajstić information content (AvgIpc) is 3.07. The van der Waals surface area contributed by atoms with Gasteiger partial charge in [-0.1, -0.05) is 16.8 Å². The van der Waals surface area contributed by atoms with Crippen LogP contribution in [0.25, 0.3) is 11.3 Å². The Morgan fingerprint density at radius 1 is 1.33 bits per heavy atom. The van der Waals surface area contributed by atoms with Crippen molar-refractivity contribution >= 4 is 56.6 Å². The Kier molecular flexibility index (Phi) is 4.81. The highest BCUT2D eigenvalue weighted by atomic mass is 79.9. The van der Waals surface area contributed by atoms with E-state index in [4.69, 9.17) is 20.9 Å². The number of benzene rings is 1. The summed E-state index contributed by atoms with van der Waals surface area (Å²) >= 11 is 9.44. The van der Waals surface area contributed by atoms with Gasteiger partial charge in [0, 0.05) is 16.1 Å². The molecule has 3 rings (SSSR count). The van der Waals surface area contributed by atoms with Crippen LogP contribution in [0.4, 0.5) is 10.5 Å². The van der Waals surface area contributed by atoms with Crippen molar-refractivity contribution in [1.29, 1.82) is 0 Å². The molecule has 0 saturated heterocycles. The summed E-state index contributed by atoms with van der Waals surface area (Å²) in [4.78, 5) is 26.5. The number of imide groups is 1. The Morgan fingerprint density at radius 2 is 2.00 bits per heavy atom. The SMILES string of the molecule is Cc1cc(C(O)=C2C(=O)N(C(=O)OC(C)(C)C)c3cc(Cl)c(Br)cc32)on1. The lowest BCUT2D eigenvalue weighted by Gasteiger charge is -2.23. The van der Waals surface area contributed by atoms with Crippen molar-refractivity contribution in [1.82, 2.24) is 5.16 Å². The van der Waals surface area contributed by atoms with E-state index in [1.807, 2.05) is 0 Å². The number of fused-ring (bicyclic) bond motifs is 1. The van der Waals surface area contributed by atoms with Crippen LogP contribution in [0.1, 0.15) is 37.8 Å². The number of aliphatic hydroxyl groups excluding tert-OH is 1. The van der Waals surface area contributed by atoms with Crippen molar-refractivity contribution in [2.24, 2.45) is 0 Å². The van der Waals surface area contributed by atoms with Crippen molar-refractivity contribution in [3.05, 3.63) is 44.7 Å². The van der Waals surface area contributed by atoms with Crippen molar-refractivity contribution in [3.63, 3.8) is 0 Å². The Morgan fingerprint density at radius 3 is 2.56 bits per heavy atom. The maximum atomic E-state index is 13.0. The molecule has 0 atom stereocenters. The summed E-state index contributed by atoms with van der Waals surface area (Å²) in [5.74, 6) is -1.17. The number of carbonyl (C=O) groups excluding carboxylic acids is 2. The molecule has 0 saturated carbocycles. The Labute approximate surface area is 168 Å². The molecule has 27 heavy (non-hydrogen) atoms. The van der Waals surface area contributed by atoms with E-state index in [0.29, 0.717) is 20.8 Å². The summed E-state index contributed by atoms with van der Waals surface area (Å²) in [5, 5.41) is 14.6. The highest BCUT2D eigenvalue weighted by Gasteiger charge is 2.42. The van der Waals surface area contributed by atoms with Crippen LogP contribution >= 0.6 is 27.5 Å². The number of anilines is 1. The molecule has 2 amide bonds. The van der Waals surface area contributed by atoms with Gasteiger partial charge in [0.25, 0.3) is 5.91 Å². The van der Waals surface area contributed by atoms with Gasteiger partial charge in [0.05, 0.1) is 22.0 Å². The first kappa shape index (κ1) is 19.4. The number of nitrogens with zero attached hydrogens (tertiary/aromatic N) is 2. The maximum Gasteiger partial charge on any atom is 0.422 e. The molecule has 1 N–H and O–H groups in total. The second-order valence-corrected chi connectivity index (χ2v) is 8.22. The minimum absolute atomic E-state index is 0.0129. The molecule has 0 aliphatic carbocycles. The average molecular weight is 456 g/mol. The number of ether oxygens (including phenoxy) is 1. The summed E-state index contributed by atoms with van der Waals surface area (Å²) in [5.41, 5.74) is 0.134. The van der Waals surface area contributed by atoms with Crippen molar-refractivity contribution in [3.8, 4) is 0 Å². The second-order valence-electron chi connectivity index (χ2n) is 6.96. The fourth-order valence-electron chi connectivity index (χ4n) is 2.57. The largest absolute Gasteiger partial charge is 0.504 e. The molecule has 0 bridgehead atoms. The van der Waals surface area contributed by atoms with Gasteiger partial charge in [-0.15, -0.1) is 0 Å². The van der Waals surface area contributed by atoms with E-state index in [2.05, 4.69) is 21.1 Å². The summed E-state index contributed by atoms with van der Waals surface area (Å²) in [6.45, 7) is 6.74. The number of hydrogen-bond acceptors (Lipinski definition) is 6. The van der Waals surface area contributed by atoms with Crippen molar-refractivity contribution in [2.45, 2.75) is 33.3 Å². The van der Waals surface area contributed by atoms with Crippen LogP contribution in [0.2, 0.25) is 5.02 Å². The zero-order valence-corrected chi connectivity index (χ0v) is 17.3. The van der Waals surface area contributed by atoms with Gasteiger partial charge in [-0.3, -0.25) is 4.79 Å². The molecule has 0 fully saturated rings. The molecule has 142 valence electrons. The molecule has 2 aromatic rings. The maximum absolute atomic E-state index is 13.0. The number of aromatic nitrogens is 1. The van der Waals surface area contributed by atoms with E-state index in [1.54, 1.807) is 33.8 Å². The van der Waals surface area contributed by atoms with Gasteiger partial charge in [0.2, 0.25) is 5.76 Å². The van der Waals surface area contributed by atoms with Gasteiger partial charge in [0.1, 0.15) is 5.60 Å². The highest BCUT2D eigenvalue weighted by molar-refractivity contribution is 9.10. The van der Waals surface area contributed by atoms with Crippen LogP contribution in [0, 0.1) is 6.92 Å². The van der Waals surface area contributed by atoms with Crippen LogP contribution in [0.3, 0.4) is 0 Å². The third-order valence-corrected chi connectivity index (χ3v) is 4.84. The first-order chi connectivity index (χ1) is 12.5. The number of aliphatic hydroxyl groups is 1. The van der Waals surface area contributed by atoms with Crippen molar-refractivity contribution in [2.75, 3.05) is 4.90 Å². The van der Waals surface area contributed by atoms with Gasteiger partial charge in [0.15, 0.2) is 5.76 Å². The molecule has 0 unspecified atom stereocenters. The van der Waals surface area contributed by atoms with Gasteiger partial charge in [-0.2, -0.15) is 0 Å². The number of rotatable bonds is 1. The van der Waals surface area contributed by atoms with Gasteiger partial charge in [-0.25, -0.2) is 9.69 Å². The minimum Gasteiger partial charge on any atom is -0.504 e. The minimum atomic E-state index is -0.872. The van der Waals surface area contributed by atoms with Crippen molar-refractivity contribution < 1.29 is 24.0 Å². The zero-order valence-electron chi connectivity index (χ0n) is 15.0. The number of hydrogen-bond donors (Lipinski definition) is 1. The lowest BCUT2D eigenvalue weighted by Crippen LogP contribution is -2.38. The number of aryl methyl sites for hydroxylation is 1. The van der Waals surface area contributed by atoms with Gasteiger partial charge >= 0.3 is 6.09 Å². The predicted octanol–water partition coefficient (Wildman–Crippen LogP) is 5.11. The molecule has 9 heteroatoms. The topological polar surface area (TPSA) is 92.9 Å². The lowest BCUT2D eigenvalue weighted by molar-refractivity contribution is -0.112. The van der Waals surface area contributed by atoms with E-state index in [0.717, 1.165) is 4.90 Å². The normalized spacial score (nSPS) is 15.8. The summed E-state index contributed by atoms with van der Waals surface area (Å²) in [7, 11) is 0. The number of amides is 2. The van der Waals surface area contributed by atoms with Crippen LogP contribution in [0.15, 0.2) is 27.2 Å². The fraction of sp³-hybridized carbons (Fsp3) is 0.278. The van der Waals surface area contributed by atoms with Crippen LogP contribution < -0.4 is 4.90 Å². The quantitative estimate of drug-likeness (QED) is 0.474. The molecule has 1 aromatic carbocycles. The molecule has 7 nitrogen and oxygen atoms in total. The van der Waals surface area contributed by atoms with Crippen LogP contribution in [0.5, 0.6) is 0 Å². The Bertz CT molecular complexity index is 990. The monoisotopic (exact) mass is 454 g/mol. The van der Waals surface area contributed by atoms with E-state index in [1.165, 1.54) is 12.1 Å². The second kappa shape index (κ2) is 6.69. The molecular weight excluding hydrogens is 440 g/mol. The van der Waals surface area contributed by atoms with Gasteiger partial charge in [-0.05, 0) is 55.8 Å². The number of halogens is 2. The van der Waals surface area contributed by atoms with Crippen LogP contribution in [-0.2, 0) is 9.53 Å². The van der Waals surface area contributed by atoms with E-state index >= 15 is 0 Å². The Hall–Kier alpha value is -2.32.